The Bertz CT molecular complexity index is 833. The molecule has 0 spiro atoms. The van der Waals surface area contributed by atoms with Crippen LogP contribution in [0.1, 0.15) is 30.7 Å². The molecular formula is C22H26Cl3N3O. The average molecular weight is 455 g/mol. The molecule has 2 aliphatic heterocycles. The zero-order valence-electron chi connectivity index (χ0n) is 16.2. The molecule has 0 radical (unpaired) electrons. The zero-order chi connectivity index (χ0) is 19.5. The van der Waals surface area contributed by atoms with Gasteiger partial charge in [0, 0.05) is 47.6 Å². The Kier molecular flexibility index (Phi) is 7.69. The van der Waals surface area contributed by atoms with Crippen molar-refractivity contribution in [1.29, 1.82) is 0 Å². The molecule has 29 heavy (non-hydrogen) atoms. The number of rotatable bonds is 6. The van der Waals surface area contributed by atoms with E-state index in [1.54, 1.807) is 6.07 Å². The molecule has 1 atom stereocenters. The predicted molar refractivity (Wildman–Crippen MR) is 124 cm³/mol. The topological polar surface area (TPSA) is 35.6 Å². The fraction of sp³-hybridized carbons (Fsp3) is 0.409. The first-order valence-electron chi connectivity index (χ1n) is 9.93. The van der Waals surface area contributed by atoms with Gasteiger partial charge in [0.25, 0.3) is 0 Å². The molecular weight excluding hydrogens is 429 g/mol. The number of amides is 1. The first kappa shape index (κ1) is 22.2. The number of fused-ring (bicyclic) bond motifs is 1. The first-order valence-corrected chi connectivity index (χ1v) is 10.7. The van der Waals surface area contributed by atoms with Gasteiger partial charge < -0.3 is 10.2 Å². The van der Waals surface area contributed by atoms with Gasteiger partial charge in [-0.25, -0.2) is 0 Å². The van der Waals surface area contributed by atoms with Crippen LogP contribution in [0.2, 0.25) is 10.0 Å². The maximum absolute atomic E-state index is 12.2. The molecule has 1 unspecified atom stereocenters. The number of piperazine rings is 1. The lowest BCUT2D eigenvalue weighted by atomic mass is 9.95. The number of unbranched alkanes of at least 4 members (excludes halogenated alkanes) is 1. The molecule has 0 aliphatic carbocycles. The van der Waals surface area contributed by atoms with Gasteiger partial charge >= 0.3 is 0 Å². The summed E-state index contributed by atoms with van der Waals surface area (Å²) in [5.74, 6) is 0.163. The van der Waals surface area contributed by atoms with Crippen molar-refractivity contribution in [2.75, 3.05) is 42.9 Å². The molecule has 1 amide bonds. The third-order valence-electron chi connectivity index (χ3n) is 5.71. The van der Waals surface area contributed by atoms with Crippen molar-refractivity contribution in [3.8, 4) is 0 Å². The Balaban J connectivity index is 0.00000240. The van der Waals surface area contributed by atoms with E-state index in [0.29, 0.717) is 10.0 Å². The summed E-state index contributed by atoms with van der Waals surface area (Å²) in [5, 5.41) is 4.36. The van der Waals surface area contributed by atoms with Crippen LogP contribution in [0.15, 0.2) is 42.5 Å². The van der Waals surface area contributed by atoms with Gasteiger partial charge in [-0.2, -0.15) is 0 Å². The summed E-state index contributed by atoms with van der Waals surface area (Å²) in [6.07, 6.45) is 3.11. The molecule has 2 heterocycles. The molecule has 2 aromatic rings. The van der Waals surface area contributed by atoms with Crippen molar-refractivity contribution in [3.05, 3.63) is 58.1 Å². The van der Waals surface area contributed by atoms with Gasteiger partial charge in [-0.3, -0.25) is 9.69 Å². The number of carbonyl (C=O) groups is 1. The van der Waals surface area contributed by atoms with Crippen molar-refractivity contribution in [2.45, 2.75) is 25.2 Å². The van der Waals surface area contributed by atoms with E-state index in [9.17, 15) is 4.79 Å². The van der Waals surface area contributed by atoms with Crippen molar-refractivity contribution < 1.29 is 4.79 Å². The second-order valence-corrected chi connectivity index (χ2v) is 8.45. The minimum absolute atomic E-state index is 0. The van der Waals surface area contributed by atoms with Crippen molar-refractivity contribution in [1.82, 2.24) is 4.90 Å². The van der Waals surface area contributed by atoms with Crippen LogP contribution in [-0.4, -0.2) is 43.5 Å². The summed E-state index contributed by atoms with van der Waals surface area (Å²) in [7, 11) is 0. The van der Waals surface area contributed by atoms with Gasteiger partial charge in [0.15, 0.2) is 0 Å². The zero-order valence-corrected chi connectivity index (χ0v) is 18.6. The molecule has 2 aliphatic rings. The van der Waals surface area contributed by atoms with E-state index in [1.165, 1.54) is 0 Å². The highest BCUT2D eigenvalue weighted by molar-refractivity contribution is 6.35. The van der Waals surface area contributed by atoms with Gasteiger partial charge in [0.1, 0.15) is 0 Å². The van der Waals surface area contributed by atoms with Gasteiger partial charge in [-0.15, -0.1) is 12.4 Å². The molecule has 4 nitrogen and oxygen atoms in total. The lowest BCUT2D eigenvalue weighted by Gasteiger charge is -2.36. The molecule has 2 aromatic carbocycles. The van der Waals surface area contributed by atoms with Crippen molar-refractivity contribution >= 4 is 52.9 Å². The highest BCUT2D eigenvalue weighted by Crippen LogP contribution is 2.35. The summed E-state index contributed by atoms with van der Waals surface area (Å²) in [4.78, 5) is 17.0. The van der Waals surface area contributed by atoms with Crippen LogP contribution < -0.4 is 10.2 Å². The number of hydrogen-bond acceptors (Lipinski definition) is 3. The maximum Gasteiger partial charge on any atom is 0.232 e. The van der Waals surface area contributed by atoms with Crippen LogP contribution in [0.3, 0.4) is 0 Å². The van der Waals surface area contributed by atoms with Gasteiger partial charge in [-0.05, 0) is 49.2 Å². The Morgan fingerprint density at radius 2 is 1.66 bits per heavy atom. The molecule has 1 saturated heterocycles. The summed E-state index contributed by atoms with van der Waals surface area (Å²) < 4.78 is 0. The highest BCUT2D eigenvalue weighted by atomic mass is 35.5. The highest BCUT2D eigenvalue weighted by Gasteiger charge is 2.29. The number of anilines is 2. The average Bonchev–Trinajstić information content (AvgIpc) is 3.00. The smallest absolute Gasteiger partial charge is 0.232 e. The molecule has 0 aromatic heterocycles. The molecule has 0 saturated carbocycles. The number of carbonyl (C=O) groups excluding carboxylic acids is 1. The molecule has 156 valence electrons. The van der Waals surface area contributed by atoms with Crippen molar-refractivity contribution in [2.24, 2.45) is 0 Å². The first-order chi connectivity index (χ1) is 13.6. The number of benzene rings is 2. The lowest BCUT2D eigenvalue weighted by Crippen LogP contribution is -2.46. The van der Waals surface area contributed by atoms with Crippen LogP contribution in [0.4, 0.5) is 11.4 Å². The third-order valence-corrected chi connectivity index (χ3v) is 6.15. The number of para-hydroxylation sites is 1. The Morgan fingerprint density at radius 1 is 0.966 bits per heavy atom. The predicted octanol–water partition coefficient (Wildman–Crippen LogP) is 5.44. The fourth-order valence-electron chi connectivity index (χ4n) is 4.20. The second kappa shape index (κ2) is 10.0. The van der Waals surface area contributed by atoms with E-state index in [0.717, 1.165) is 68.9 Å². The summed E-state index contributed by atoms with van der Waals surface area (Å²) in [6, 6.07) is 13.8. The van der Waals surface area contributed by atoms with E-state index < -0.39 is 0 Å². The second-order valence-electron chi connectivity index (χ2n) is 7.58. The quantitative estimate of drug-likeness (QED) is 0.590. The minimum atomic E-state index is 0. The van der Waals surface area contributed by atoms with Gasteiger partial charge in [0.2, 0.25) is 5.91 Å². The normalized spacial score (nSPS) is 18.9. The molecule has 0 bridgehead atoms. The van der Waals surface area contributed by atoms with Crippen molar-refractivity contribution in [3.63, 3.8) is 0 Å². The van der Waals surface area contributed by atoms with E-state index in [4.69, 9.17) is 23.2 Å². The number of nitrogens with zero attached hydrogens (tertiary/aromatic N) is 2. The summed E-state index contributed by atoms with van der Waals surface area (Å²) in [6.45, 7) is 5.12. The standard InChI is InChI=1S/C22H25Cl2N3O.ClH/c23-16-13-17(24)15-18(14-16)27-11-9-26(10-12-27)8-4-3-6-20-19-5-1-2-7-21(19)25-22(20)28;/h1-2,5,7,13-15,20H,3-4,6,8-12H2,(H,25,28);1H. The van der Waals surface area contributed by atoms with Crippen LogP contribution in [0.25, 0.3) is 0 Å². The fourth-order valence-corrected chi connectivity index (χ4v) is 4.71. The third kappa shape index (κ3) is 5.37. The van der Waals surface area contributed by atoms with Gasteiger partial charge in [0.05, 0.1) is 5.92 Å². The number of nitrogens with one attached hydrogen (secondary N) is 1. The summed E-state index contributed by atoms with van der Waals surface area (Å²) in [5.41, 5.74) is 3.24. The van der Waals surface area contributed by atoms with Crippen LogP contribution in [0.5, 0.6) is 0 Å². The monoisotopic (exact) mass is 453 g/mol. The molecule has 1 fully saturated rings. The Labute approximate surface area is 188 Å². The summed E-state index contributed by atoms with van der Waals surface area (Å²) >= 11 is 12.3. The number of halogens is 3. The maximum atomic E-state index is 12.2. The van der Waals surface area contributed by atoms with E-state index in [-0.39, 0.29) is 24.2 Å². The van der Waals surface area contributed by atoms with Crippen LogP contribution in [-0.2, 0) is 4.79 Å². The van der Waals surface area contributed by atoms with Crippen LogP contribution >= 0.6 is 35.6 Å². The molecule has 4 rings (SSSR count). The SMILES string of the molecule is Cl.O=C1Nc2ccccc2C1CCCCN1CCN(c2cc(Cl)cc(Cl)c2)CC1. The van der Waals surface area contributed by atoms with E-state index in [2.05, 4.69) is 21.2 Å². The largest absolute Gasteiger partial charge is 0.369 e. The Morgan fingerprint density at radius 3 is 2.38 bits per heavy atom. The van der Waals surface area contributed by atoms with E-state index >= 15 is 0 Å². The molecule has 7 heteroatoms. The molecule has 1 N–H and O–H groups in total. The van der Waals surface area contributed by atoms with Gasteiger partial charge in [-0.1, -0.05) is 47.8 Å². The minimum Gasteiger partial charge on any atom is -0.369 e. The lowest BCUT2D eigenvalue weighted by molar-refractivity contribution is -0.117. The number of hydrogen-bond donors (Lipinski definition) is 1. The van der Waals surface area contributed by atoms with Crippen LogP contribution in [0, 0.1) is 0 Å². The van der Waals surface area contributed by atoms with E-state index in [1.807, 2.05) is 30.3 Å². The Hall–Kier alpha value is -1.46.